The summed E-state index contributed by atoms with van der Waals surface area (Å²) in [5.74, 6) is 2.70. The number of nitrogens with two attached hydrogens (primary N) is 1. The zero-order chi connectivity index (χ0) is 13.1. The lowest BCUT2D eigenvalue weighted by molar-refractivity contribution is 0.749. The van der Waals surface area contributed by atoms with Gasteiger partial charge in [0.2, 0.25) is 0 Å². The molecule has 100 valence electrons. The molecule has 1 aromatic rings. The highest BCUT2D eigenvalue weighted by molar-refractivity contribution is 5.50. The number of nitrogens with one attached hydrogen (secondary N) is 1. The molecule has 1 saturated heterocycles. The number of nitrogens with zero attached hydrogens (tertiary/aromatic N) is 3. The average molecular weight is 249 g/mol. The minimum Gasteiger partial charge on any atom is -0.367 e. The minimum absolute atomic E-state index is 0.270. The summed E-state index contributed by atoms with van der Waals surface area (Å²) in [5.41, 5.74) is 5.94. The topological polar surface area (TPSA) is 67.1 Å². The Balaban J connectivity index is 2.16. The molecule has 0 aromatic carbocycles. The Kier molecular flexibility index (Phi) is 4.01. The van der Waals surface area contributed by atoms with Gasteiger partial charge in [0.05, 0.1) is 0 Å². The number of aryl methyl sites for hydroxylation is 1. The molecule has 18 heavy (non-hydrogen) atoms. The van der Waals surface area contributed by atoms with Crippen molar-refractivity contribution >= 4 is 11.6 Å². The highest BCUT2D eigenvalue weighted by atomic mass is 15.2. The predicted octanol–water partition coefficient (Wildman–Crippen LogP) is 1.53. The van der Waals surface area contributed by atoms with Gasteiger partial charge >= 0.3 is 0 Å². The predicted molar refractivity (Wildman–Crippen MR) is 75.0 cm³/mol. The van der Waals surface area contributed by atoms with Crippen LogP contribution in [-0.2, 0) is 0 Å². The van der Waals surface area contributed by atoms with Crippen molar-refractivity contribution in [3.63, 3.8) is 0 Å². The van der Waals surface area contributed by atoms with E-state index >= 15 is 0 Å². The van der Waals surface area contributed by atoms with Crippen LogP contribution in [0.15, 0.2) is 6.07 Å². The average Bonchev–Trinajstić information content (AvgIpc) is 2.75. The van der Waals surface area contributed by atoms with Crippen molar-refractivity contribution < 1.29 is 0 Å². The van der Waals surface area contributed by atoms with Crippen LogP contribution >= 0.6 is 0 Å². The summed E-state index contributed by atoms with van der Waals surface area (Å²) in [6, 6.07) is 2.72. The van der Waals surface area contributed by atoms with Gasteiger partial charge in [0.1, 0.15) is 17.5 Å². The molecule has 5 heteroatoms. The van der Waals surface area contributed by atoms with Crippen LogP contribution < -0.4 is 16.0 Å². The van der Waals surface area contributed by atoms with E-state index in [-0.39, 0.29) is 6.04 Å². The smallest absolute Gasteiger partial charge is 0.134 e. The zero-order valence-corrected chi connectivity index (χ0v) is 11.5. The van der Waals surface area contributed by atoms with Gasteiger partial charge in [-0.05, 0) is 26.7 Å². The number of hydrogen-bond donors (Lipinski definition) is 2. The number of rotatable bonds is 4. The largest absolute Gasteiger partial charge is 0.367 e. The maximum absolute atomic E-state index is 5.94. The van der Waals surface area contributed by atoms with E-state index in [9.17, 15) is 0 Å². The second kappa shape index (κ2) is 5.52. The maximum atomic E-state index is 5.94. The zero-order valence-electron chi connectivity index (χ0n) is 11.5. The van der Waals surface area contributed by atoms with Crippen molar-refractivity contribution in [2.24, 2.45) is 5.73 Å². The van der Waals surface area contributed by atoms with Gasteiger partial charge in [0.25, 0.3) is 0 Å². The molecular formula is C13H23N5. The molecule has 0 saturated carbocycles. The first-order chi connectivity index (χ1) is 8.58. The Bertz CT molecular complexity index is 406. The van der Waals surface area contributed by atoms with E-state index in [1.807, 2.05) is 13.0 Å². The minimum atomic E-state index is 0.270. The molecule has 0 radical (unpaired) electrons. The third-order valence-corrected chi connectivity index (χ3v) is 3.38. The molecule has 0 bridgehead atoms. The summed E-state index contributed by atoms with van der Waals surface area (Å²) >= 11 is 0. The Morgan fingerprint density at radius 2 is 2.33 bits per heavy atom. The Morgan fingerprint density at radius 1 is 1.56 bits per heavy atom. The molecule has 1 fully saturated rings. The molecule has 1 aliphatic rings. The monoisotopic (exact) mass is 249 g/mol. The van der Waals surface area contributed by atoms with E-state index in [0.717, 1.165) is 43.4 Å². The van der Waals surface area contributed by atoms with Gasteiger partial charge < -0.3 is 16.0 Å². The van der Waals surface area contributed by atoms with Crippen LogP contribution in [0.1, 0.15) is 32.5 Å². The first-order valence-corrected chi connectivity index (χ1v) is 6.71. The molecule has 1 aromatic heterocycles. The summed E-state index contributed by atoms with van der Waals surface area (Å²) in [6.45, 7) is 8.12. The quantitative estimate of drug-likeness (QED) is 0.847. The van der Waals surface area contributed by atoms with Gasteiger partial charge in [-0.3, -0.25) is 0 Å². The highest BCUT2D eigenvalue weighted by Crippen LogP contribution is 2.20. The lowest BCUT2D eigenvalue weighted by atomic mass is 10.2. The number of aromatic nitrogens is 2. The summed E-state index contributed by atoms with van der Waals surface area (Å²) in [5, 5.41) is 3.40. The van der Waals surface area contributed by atoms with Gasteiger partial charge in [-0.2, -0.15) is 0 Å². The van der Waals surface area contributed by atoms with E-state index in [1.165, 1.54) is 0 Å². The van der Waals surface area contributed by atoms with Crippen LogP contribution in [-0.4, -0.2) is 35.1 Å². The lowest BCUT2D eigenvalue weighted by Gasteiger charge is -2.19. The van der Waals surface area contributed by atoms with E-state index in [2.05, 4.69) is 34.0 Å². The van der Waals surface area contributed by atoms with E-state index < -0.39 is 0 Å². The molecule has 1 aliphatic heterocycles. The fraction of sp³-hybridized carbons (Fsp3) is 0.692. The Morgan fingerprint density at radius 3 is 2.94 bits per heavy atom. The van der Waals surface area contributed by atoms with Gasteiger partial charge in [0.15, 0.2) is 0 Å². The van der Waals surface area contributed by atoms with E-state index in [0.29, 0.717) is 6.04 Å². The third kappa shape index (κ3) is 3.10. The van der Waals surface area contributed by atoms with Crippen LogP contribution in [0, 0.1) is 6.92 Å². The standard InChI is InChI=1S/C13H23N5/c1-4-9(2)15-12-7-13(17-10(3)16-12)18-6-5-11(14)8-18/h7,9,11H,4-6,8,14H2,1-3H3,(H,15,16,17). The van der Waals surface area contributed by atoms with Crippen LogP contribution in [0.5, 0.6) is 0 Å². The van der Waals surface area contributed by atoms with Crippen molar-refractivity contribution in [1.82, 2.24) is 9.97 Å². The van der Waals surface area contributed by atoms with Gasteiger partial charge in [-0.15, -0.1) is 0 Å². The fourth-order valence-corrected chi connectivity index (χ4v) is 2.14. The van der Waals surface area contributed by atoms with E-state index in [4.69, 9.17) is 5.73 Å². The van der Waals surface area contributed by atoms with Crippen molar-refractivity contribution in [3.05, 3.63) is 11.9 Å². The van der Waals surface area contributed by atoms with Crippen LogP contribution in [0.4, 0.5) is 11.6 Å². The molecule has 2 rings (SSSR count). The SMILES string of the molecule is CCC(C)Nc1cc(N2CCC(N)C2)nc(C)n1. The molecule has 2 unspecified atom stereocenters. The van der Waals surface area contributed by atoms with Crippen molar-refractivity contribution in [3.8, 4) is 0 Å². The molecule has 0 spiro atoms. The molecule has 2 atom stereocenters. The maximum Gasteiger partial charge on any atom is 0.134 e. The van der Waals surface area contributed by atoms with Gasteiger partial charge in [0, 0.05) is 31.2 Å². The summed E-state index contributed by atoms with van der Waals surface area (Å²) in [4.78, 5) is 11.2. The third-order valence-electron chi connectivity index (χ3n) is 3.38. The first kappa shape index (κ1) is 13.1. The highest BCUT2D eigenvalue weighted by Gasteiger charge is 2.21. The second-order valence-corrected chi connectivity index (χ2v) is 5.11. The normalized spacial score (nSPS) is 21.1. The fourth-order valence-electron chi connectivity index (χ4n) is 2.14. The molecule has 0 aliphatic carbocycles. The first-order valence-electron chi connectivity index (χ1n) is 6.71. The van der Waals surface area contributed by atoms with Gasteiger partial charge in [-0.1, -0.05) is 6.92 Å². The number of anilines is 2. The van der Waals surface area contributed by atoms with E-state index in [1.54, 1.807) is 0 Å². The van der Waals surface area contributed by atoms with Crippen molar-refractivity contribution in [2.75, 3.05) is 23.3 Å². The molecule has 5 nitrogen and oxygen atoms in total. The van der Waals surface area contributed by atoms with Crippen molar-refractivity contribution in [1.29, 1.82) is 0 Å². The molecule has 2 heterocycles. The van der Waals surface area contributed by atoms with Gasteiger partial charge in [-0.25, -0.2) is 9.97 Å². The molecular weight excluding hydrogens is 226 g/mol. The van der Waals surface area contributed by atoms with Crippen LogP contribution in [0.2, 0.25) is 0 Å². The summed E-state index contributed by atoms with van der Waals surface area (Å²) < 4.78 is 0. The van der Waals surface area contributed by atoms with Crippen LogP contribution in [0.25, 0.3) is 0 Å². The Labute approximate surface area is 109 Å². The summed E-state index contributed by atoms with van der Waals surface area (Å²) in [7, 11) is 0. The van der Waals surface area contributed by atoms with Crippen LogP contribution in [0.3, 0.4) is 0 Å². The lowest BCUT2D eigenvalue weighted by Crippen LogP contribution is -2.27. The van der Waals surface area contributed by atoms with Crippen molar-refractivity contribution in [2.45, 2.75) is 45.7 Å². The summed E-state index contributed by atoms with van der Waals surface area (Å²) in [6.07, 6.45) is 2.12. The number of hydrogen-bond acceptors (Lipinski definition) is 5. The Hall–Kier alpha value is -1.36. The molecule has 0 amide bonds. The second-order valence-electron chi connectivity index (χ2n) is 5.11. The molecule has 3 N–H and O–H groups in total.